The maximum absolute atomic E-state index is 13.7. The Morgan fingerprint density at radius 1 is 1.45 bits per heavy atom. The number of aryl methyl sites for hydroxylation is 1. The molecule has 20 heavy (non-hydrogen) atoms. The van der Waals surface area contributed by atoms with E-state index in [0.717, 1.165) is 10.4 Å². The predicted octanol–water partition coefficient (Wildman–Crippen LogP) is 4.15. The smallest absolute Gasteiger partial charge is 0.169 e. The van der Waals surface area contributed by atoms with E-state index in [0.29, 0.717) is 16.2 Å². The highest BCUT2D eigenvalue weighted by molar-refractivity contribution is 7.10. The Kier molecular flexibility index (Phi) is 3.52. The molecule has 3 aromatic rings. The number of furan rings is 1. The Balaban J connectivity index is 2.12. The van der Waals surface area contributed by atoms with Gasteiger partial charge in [0, 0.05) is 10.3 Å². The van der Waals surface area contributed by atoms with E-state index in [1.165, 1.54) is 17.4 Å². The first kappa shape index (κ1) is 13.6. The normalized spacial score (nSPS) is 13.0. The molecule has 104 valence electrons. The summed E-state index contributed by atoms with van der Waals surface area (Å²) in [4.78, 5) is 0.853. The van der Waals surface area contributed by atoms with E-state index < -0.39 is 11.9 Å². The number of para-hydroxylation sites is 1. The Hall–Kier alpha value is -1.40. The minimum absolute atomic E-state index is 0.229. The van der Waals surface area contributed by atoms with Crippen molar-refractivity contribution in [3.8, 4) is 0 Å². The van der Waals surface area contributed by atoms with Crippen molar-refractivity contribution in [1.82, 2.24) is 5.43 Å². The Morgan fingerprint density at radius 2 is 2.25 bits per heavy atom. The predicted molar refractivity (Wildman–Crippen MR) is 79.4 cm³/mol. The molecular formula is C14H12ClFN2OS. The van der Waals surface area contributed by atoms with Crippen LogP contribution in [-0.4, -0.2) is 0 Å². The van der Waals surface area contributed by atoms with Crippen molar-refractivity contribution in [1.29, 1.82) is 0 Å². The maximum Gasteiger partial charge on any atom is 0.169 e. The lowest BCUT2D eigenvalue weighted by atomic mass is 10.1. The van der Waals surface area contributed by atoms with Gasteiger partial charge in [0.05, 0.1) is 5.02 Å². The second-order valence-electron chi connectivity index (χ2n) is 4.50. The van der Waals surface area contributed by atoms with Crippen LogP contribution in [0.1, 0.15) is 22.2 Å². The summed E-state index contributed by atoms with van der Waals surface area (Å²) < 4.78 is 19.3. The molecule has 0 aliphatic heterocycles. The minimum atomic E-state index is -0.395. The summed E-state index contributed by atoms with van der Waals surface area (Å²) in [5.74, 6) is 5.77. The molecule has 0 amide bonds. The van der Waals surface area contributed by atoms with Crippen LogP contribution in [0, 0.1) is 12.7 Å². The van der Waals surface area contributed by atoms with Crippen LogP contribution in [0.2, 0.25) is 5.02 Å². The van der Waals surface area contributed by atoms with Gasteiger partial charge < -0.3 is 4.42 Å². The van der Waals surface area contributed by atoms with E-state index >= 15 is 0 Å². The minimum Gasteiger partial charge on any atom is -0.456 e. The average molecular weight is 311 g/mol. The third-order valence-electron chi connectivity index (χ3n) is 3.15. The molecule has 1 aromatic carbocycles. The van der Waals surface area contributed by atoms with Crippen molar-refractivity contribution >= 4 is 33.9 Å². The Morgan fingerprint density at radius 3 is 2.85 bits per heavy atom. The van der Waals surface area contributed by atoms with Crippen molar-refractivity contribution in [2.24, 2.45) is 5.84 Å². The van der Waals surface area contributed by atoms with Crippen LogP contribution < -0.4 is 11.3 Å². The lowest BCUT2D eigenvalue weighted by Gasteiger charge is -2.12. The third-order valence-corrected chi connectivity index (χ3v) is 4.93. The Labute approximate surface area is 124 Å². The van der Waals surface area contributed by atoms with Crippen molar-refractivity contribution in [2.75, 3.05) is 0 Å². The van der Waals surface area contributed by atoms with Gasteiger partial charge in [-0.1, -0.05) is 23.7 Å². The lowest BCUT2D eigenvalue weighted by molar-refractivity contribution is 0.468. The molecule has 0 aliphatic carbocycles. The van der Waals surface area contributed by atoms with Crippen molar-refractivity contribution < 1.29 is 8.81 Å². The Bertz CT molecular complexity index is 768. The number of fused-ring (bicyclic) bond motifs is 1. The van der Waals surface area contributed by atoms with Crippen molar-refractivity contribution in [3.05, 3.63) is 56.7 Å². The van der Waals surface area contributed by atoms with Gasteiger partial charge in [0.1, 0.15) is 11.8 Å². The zero-order chi connectivity index (χ0) is 14.3. The summed E-state index contributed by atoms with van der Waals surface area (Å²) in [7, 11) is 0. The fourth-order valence-corrected chi connectivity index (χ4v) is 3.49. The van der Waals surface area contributed by atoms with Crippen molar-refractivity contribution in [2.45, 2.75) is 13.0 Å². The zero-order valence-electron chi connectivity index (χ0n) is 10.6. The number of nitrogens with one attached hydrogen (secondary N) is 1. The van der Waals surface area contributed by atoms with Gasteiger partial charge in [0.15, 0.2) is 11.4 Å². The van der Waals surface area contributed by atoms with Crippen LogP contribution in [0.25, 0.3) is 11.0 Å². The molecule has 2 aromatic heterocycles. The van der Waals surface area contributed by atoms with Crippen LogP contribution in [0.3, 0.4) is 0 Å². The molecule has 0 spiro atoms. The SMILES string of the molecule is Cc1csc(C(NN)c2cc3cccc(F)c3o2)c1Cl. The van der Waals surface area contributed by atoms with E-state index in [9.17, 15) is 4.39 Å². The molecule has 0 radical (unpaired) electrons. The molecule has 3 N–H and O–H groups in total. The van der Waals surface area contributed by atoms with Gasteiger partial charge in [-0.3, -0.25) is 5.84 Å². The molecule has 2 heterocycles. The number of hydrazine groups is 1. The van der Waals surface area contributed by atoms with Crippen LogP contribution in [0.4, 0.5) is 4.39 Å². The largest absolute Gasteiger partial charge is 0.456 e. The summed E-state index contributed by atoms with van der Waals surface area (Å²) in [6.07, 6.45) is 0. The van der Waals surface area contributed by atoms with Crippen LogP contribution in [-0.2, 0) is 0 Å². The highest BCUT2D eigenvalue weighted by atomic mass is 35.5. The fourth-order valence-electron chi connectivity index (χ4n) is 2.12. The highest BCUT2D eigenvalue weighted by Gasteiger charge is 2.23. The first-order valence-electron chi connectivity index (χ1n) is 5.99. The number of benzene rings is 1. The van der Waals surface area contributed by atoms with Crippen LogP contribution in [0.15, 0.2) is 34.1 Å². The number of hydrogen-bond donors (Lipinski definition) is 2. The molecule has 0 bridgehead atoms. The summed E-state index contributed by atoms with van der Waals surface area (Å²) in [5, 5.41) is 3.30. The van der Waals surface area contributed by atoms with Gasteiger partial charge in [-0.2, -0.15) is 0 Å². The first-order chi connectivity index (χ1) is 9.61. The van der Waals surface area contributed by atoms with E-state index in [1.54, 1.807) is 18.2 Å². The van der Waals surface area contributed by atoms with E-state index in [2.05, 4.69) is 5.43 Å². The second kappa shape index (κ2) is 5.18. The van der Waals surface area contributed by atoms with E-state index in [1.807, 2.05) is 12.3 Å². The molecule has 0 saturated carbocycles. The van der Waals surface area contributed by atoms with Crippen molar-refractivity contribution in [3.63, 3.8) is 0 Å². The average Bonchev–Trinajstić information content (AvgIpc) is 2.99. The summed E-state index contributed by atoms with van der Waals surface area (Å²) >= 11 is 7.75. The van der Waals surface area contributed by atoms with Crippen LogP contribution >= 0.6 is 22.9 Å². The standard InChI is InChI=1S/C14H12ClFN2OS/c1-7-6-20-14(11(7)15)12(18-17)10-5-8-3-2-4-9(16)13(8)19-10/h2-6,12,18H,17H2,1H3. The lowest BCUT2D eigenvalue weighted by Crippen LogP contribution is -2.28. The molecule has 0 saturated heterocycles. The molecular weight excluding hydrogens is 299 g/mol. The van der Waals surface area contributed by atoms with Gasteiger partial charge in [0.25, 0.3) is 0 Å². The number of hydrogen-bond acceptors (Lipinski definition) is 4. The summed E-state index contributed by atoms with van der Waals surface area (Å²) in [6, 6.07) is 6.18. The molecule has 3 rings (SSSR count). The first-order valence-corrected chi connectivity index (χ1v) is 7.25. The van der Waals surface area contributed by atoms with Gasteiger partial charge in [-0.25, -0.2) is 9.82 Å². The molecule has 6 heteroatoms. The summed E-state index contributed by atoms with van der Waals surface area (Å²) in [5.41, 5.74) is 3.89. The van der Waals surface area contributed by atoms with Gasteiger partial charge in [-0.05, 0) is 30.0 Å². The number of rotatable bonds is 3. The quantitative estimate of drug-likeness (QED) is 0.564. The molecule has 1 atom stereocenters. The monoisotopic (exact) mass is 310 g/mol. The highest BCUT2D eigenvalue weighted by Crippen LogP contribution is 2.37. The molecule has 0 aliphatic rings. The van der Waals surface area contributed by atoms with E-state index in [-0.39, 0.29) is 5.58 Å². The van der Waals surface area contributed by atoms with Crippen LogP contribution in [0.5, 0.6) is 0 Å². The summed E-state index contributed by atoms with van der Waals surface area (Å²) in [6.45, 7) is 1.92. The number of halogens is 2. The molecule has 3 nitrogen and oxygen atoms in total. The van der Waals surface area contributed by atoms with Gasteiger partial charge in [0.2, 0.25) is 0 Å². The van der Waals surface area contributed by atoms with E-state index in [4.69, 9.17) is 21.9 Å². The number of thiophene rings is 1. The maximum atomic E-state index is 13.7. The zero-order valence-corrected chi connectivity index (χ0v) is 12.2. The number of nitrogens with two attached hydrogens (primary N) is 1. The molecule has 0 fully saturated rings. The van der Waals surface area contributed by atoms with Gasteiger partial charge in [-0.15, -0.1) is 11.3 Å². The van der Waals surface area contributed by atoms with Gasteiger partial charge >= 0.3 is 0 Å². The molecule has 1 unspecified atom stereocenters. The third kappa shape index (κ3) is 2.13. The fraction of sp³-hybridized carbons (Fsp3) is 0.143. The topological polar surface area (TPSA) is 51.2 Å². The second-order valence-corrected chi connectivity index (χ2v) is 5.79.